The lowest BCUT2D eigenvalue weighted by atomic mass is 9.99. The molecular weight excluding hydrogens is 452 g/mol. The van der Waals surface area contributed by atoms with Gasteiger partial charge < -0.3 is 19.9 Å². The normalized spacial score (nSPS) is 19.9. The number of methoxy groups -OCH3 is 1. The van der Waals surface area contributed by atoms with E-state index in [1.165, 1.54) is 5.69 Å². The molecule has 0 aliphatic carbocycles. The number of fused-ring (bicyclic) bond motifs is 3. The summed E-state index contributed by atoms with van der Waals surface area (Å²) in [5, 5.41) is 3.11. The summed E-state index contributed by atoms with van der Waals surface area (Å²) in [5.41, 5.74) is 5.42. The topological polar surface area (TPSA) is 73.8 Å². The average molecular weight is 485 g/mol. The summed E-state index contributed by atoms with van der Waals surface area (Å²) in [7, 11) is 1.68. The minimum atomic E-state index is -0.0570. The first-order valence-electron chi connectivity index (χ1n) is 12.8. The monoisotopic (exact) mass is 484 g/mol. The molecule has 2 saturated heterocycles. The van der Waals surface area contributed by atoms with E-state index in [1.807, 2.05) is 12.3 Å². The number of rotatable bonds is 5. The van der Waals surface area contributed by atoms with Crippen molar-refractivity contribution in [2.75, 3.05) is 55.0 Å². The number of hydrogen-bond donors (Lipinski definition) is 1. The Kier molecular flexibility index (Phi) is 6.19. The van der Waals surface area contributed by atoms with Crippen LogP contribution >= 0.6 is 0 Å². The molecule has 1 N–H and O–H groups in total. The van der Waals surface area contributed by atoms with E-state index in [0.717, 1.165) is 92.5 Å². The number of piperazine rings is 1. The molecule has 0 spiro atoms. The zero-order valence-electron chi connectivity index (χ0n) is 20.7. The summed E-state index contributed by atoms with van der Waals surface area (Å²) in [5.74, 6) is 1.83. The molecule has 8 nitrogen and oxygen atoms in total. The van der Waals surface area contributed by atoms with Gasteiger partial charge in [0.25, 0.3) is 0 Å². The highest BCUT2D eigenvalue weighted by Gasteiger charge is 2.35. The minimum absolute atomic E-state index is 0.0570. The lowest BCUT2D eigenvalue weighted by molar-refractivity contribution is -0.118. The molecule has 186 valence electrons. The van der Waals surface area contributed by atoms with E-state index in [-0.39, 0.29) is 11.9 Å². The van der Waals surface area contributed by atoms with Crippen LogP contribution in [0.4, 0.5) is 17.2 Å². The number of carbonyl (C=O) groups excluding carboxylic acids is 1. The zero-order valence-corrected chi connectivity index (χ0v) is 20.7. The Labute approximate surface area is 211 Å². The van der Waals surface area contributed by atoms with Gasteiger partial charge in [0, 0.05) is 62.9 Å². The van der Waals surface area contributed by atoms with Crippen LogP contribution in [-0.4, -0.2) is 66.7 Å². The Hall–Kier alpha value is -3.65. The van der Waals surface area contributed by atoms with Gasteiger partial charge >= 0.3 is 0 Å². The Morgan fingerprint density at radius 1 is 1.03 bits per heavy atom. The highest BCUT2D eigenvalue weighted by Crippen LogP contribution is 2.35. The van der Waals surface area contributed by atoms with Crippen LogP contribution in [0, 0.1) is 0 Å². The largest absolute Gasteiger partial charge is 0.494 e. The lowest BCUT2D eigenvalue weighted by Crippen LogP contribution is -2.51. The summed E-state index contributed by atoms with van der Waals surface area (Å²) in [6, 6.07) is 12.7. The molecule has 0 bridgehead atoms. The number of nitrogens with one attached hydrogen (secondary N) is 1. The molecule has 6 rings (SSSR count). The third kappa shape index (κ3) is 4.37. The lowest BCUT2D eigenvalue weighted by Gasteiger charge is -2.40. The molecule has 3 aliphatic rings. The van der Waals surface area contributed by atoms with Crippen molar-refractivity contribution in [3.8, 4) is 16.9 Å². The van der Waals surface area contributed by atoms with Gasteiger partial charge in [0.1, 0.15) is 11.8 Å². The summed E-state index contributed by atoms with van der Waals surface area (Å²) in [6.45, 7) is 5.67. The van der Waals surface area contributed by atoms with Crippen molar-refractivity contribution in [1.29, 1.82) is 0 Å². The van der Waals surface area contributed by atoms with Crippen molar-refractivity contribution in [3.63, 3.8) is 0 Å². The van der Waals surface area contributed by atoms with Gasteiger partial charge in [-0.05, 0) is 54.7 Å². The molecule has 8 heteroatoms. The van der Waals surface area contributed by atoms with Crippen molar-refractivity contribution in [2.45, 2.75) is 31.8 Å². The number of carbonyl (C=O) groups is 1. The molecule has 1 aromatic carbocycles. The van der Waals surface area contributed by atoms with E-state index in [9.17, 15) is 4.79 Å². The van der Waals surface area contributed by atoms with Crippen molar-refractivity contribution < 1.29 is 9.53 Å². The van der Waals surface area contributed by atoms with E-state index in [1.54, 1.807) is 19.5 Å². The fourth-order valence-electron chi connectivity index (χ4n) is 5.64. The number of pyridine rings is 2. The fourth-order valence-corrected chi connectivity index (χ4v) is 5.64. The van der Waals surface area contributed by atoms with Crippen molar-refractivity contribution >= 4 is 23.1 Å². The van der Waals surface area contributed by atoms with Crippen molar-refractivity contribution in [3.05, 3.63) is 60.6 Å². The number of benzene rings is 1. The summed E-state index contributed by atoms with van der Waals surface area (Å²) in [4.78, 5) is 28.6. The molecule has 2 aromatic heterocycles. The average Bonchev–Trinajstić information content (AvgIpc) is 2.94. The number of anilines is 3. The Morgan fingerprint density at radius 3 is 2.67 bits per heavy atom. The van der Waals surface area contributed by atoms with Gasteiger partial charge in [-0.15, -0.1) is 0 Å². The van der Waals surface area contributed by atoms with Crippen LogP contribution < -0.4 is 19.9 Å². The molecule has 0 saturated carbocycles. The first-order valence-corrected chi connectivity index (χ1v) is 12.8. The van der Waals surface area contributed by atoms with E-state index in [0.29, 0.717) is 0 Å². The minimum Gasteiger partial charge on any atom is -0.494 e. The number of hydrogen-bond acceptors (Lipinski definition) is 7. The fraction of sp³-hybridized carbons (Fsp3) is 0.393. The maximum Gasteiger partial charge on any atom is 0.247 e. The molecule has 3 aliphatic heterocycles. The van der Waals surface area contributed by atoms with Gasteiger partial charge in [-0.1, -0.05) is 12.1 Å². The predicted octanol–water partition coefficient (Wildman–Crippen LogP) is 3.79. The maximum absolute atomic E-state index is 12.6. The van der Waals surface area contributed by atoms with E-state index < -0.39 is 0 Å². The molecule has 1 amide bonds. The van der Waals surface area contributed by atoms with Gasteiger partial charge in [-0.3, -0.25) is 14.7 Å². The maximum atomic E-state index is 12.6. The Bertz CT molecular complexity index is 1240. The third-order valence-electron chi connectivity index (χ3n) is 7.59. The molecular formula is C28H32N6O2. The van der Waals surface area contributed by atoms with Crippen LogP contribution in [0.15, 0.2) is 55.0 Å². The number of amides is 1. The number of piperidine rings is 1. The van der Waals surface area contributed by atoms with Crippen LogP contribution in [0.5, 0.6) is 5.75 Å². The highest BCUT2D eigenvalue weighted by atomic mass is 16.5. The number of ether oxygens (including phenoxy) is 1. The predicted molar refractivity (Wildman–Crippen MR) is 142 cm³/mol. The van der Waals surface area contributed by atoms with Crippen molar-refractivity contribution in [2.24, 2.45) is 0 Å². The third-order valence-corrected chi connectivity index (χ3v) is 7.59. The van der Waals surface area contributed by atoms with Gasteiger partial charge in [-0.2, -0.15) is 0 Å². The van der Waals surface area contributed by atoms with Crippen LogP contribution in [0.2, 0.25) is 0 Å². The smallest absolute Gasteiger partial charge is 0.247 e. The van der Waals surface area contributed by atoms with E-state index in [4.69, 9.17) is 9.72 Å². The van der Waals surface area contributed by atoms with Gasteiger partial charge in [0.15, 0.2) is 5.82 Å². The SMILES string of the molecule is COc1cnccc1-c1ccc(N2CCN(Cc3cnc4c(c3)NC(=O)[C@@H]3CCCCN43)CC2)cc1. The second-order valence-corrected chi connectivity index (χ2v) is 9.79. The summed E-state index contributed by atoms with van der Waals surface area (Å²) in [6.07, 6.45) is 8.68. The molecule has 2 fully saturated rings. The number of aromatic nitrogens is 2. The quantitative estimate of drug-likeness (QED) is 0.591. The first-order chi connectivity index (χ1) is 17.7. The van der Waals surface area contributed by atoms with Crippen LogP contribution in [0.3, 0.4) is 0 Å². The molecule has 0 radical (unpaired) electrons. The summed E-state index contributed by atoms with van der Waals surface area (Å²) >= 11 is 0. The van der Waals surface area contributed by atoms with Crippen LogP contribution in [0.1, 0.15) is 24.8 Å². The van der Waals surface area contributed by atoms with E-state index >= 15 is 0 Å². The Morgan fingerprint density at radius 2 is 1.86 bits per heavy atom. The van der Waals surface area contributed by atoms with Gasteiger partial charge in [0.2, 0.25) is 5.91 Å². The number of nitrogens with zero attached hydrogens (tertiary/aromatic N) is 5. The van der Waals surface area contributed by atoms with Crippen LogP contribution in [-0.2, 0) is 11.3 Å². The highest BCUT2D eigenvalue weighted by molar-refractivity contribution is 6.02. The van der Waals surface area contributed by atoms with Crippen molar-refractivity contribution in [1.82, 2.24) is 14.9 Å². The van der Waals surface area contributed by atoms with Crippen LogP contribution in [0.25, 0.3) is 11.1 Å². The second kappa shape index (κ2) is 9.78. The van der Waals surface area contributed by atoms with Gasteiger partial charge in [0.05, 0.1) is 19.0 Å². The molecule has 1 atom stereocenters. The standard InChI is InChI=1S/C28H32N6O2/c1-36-26-18-29-10-9-23(26)21-5-7-22(8-6-21)33-14-12-32(13-15-33)19-20-16-24-27(30-17-20)34-11-3-2-4-25(34)28(35)31-24/h5-10,16-18,25H,2-4,11-15,19H2,1H3,(H,31,35)/t25-/m0/s1. The molecule has 3 aromatic rings. The molecule has 5 heterocycles. The zero-order chi connectivity index (χ0) is 24.5. The first kappa shape index (κ1) is 22.8. The Balaban J connectivity index is 1.08. The van der Waals surface area contributed by atoms with Gasteiger partial charge in [-0.25, -0.2) is 4.98 Å². The second-order valence-electron chi connectivity index (χ2n) is 9.79. The summed E-state index contributed by atoms with van der Waals surface area (Å²) < 4.78 is 5.46. The van der Waals surface area contributed by atoms with E-state index in [2.05, 4.69) is 55.3 Å². The molecule has 36 heavy (non-hydrogen) atoms. The molecule has 0 unspecified atom stereocenters.